The Balaban J connectivity index is 0.000000101. The van der Waals surface area contributed by atoms with E-state index in [1.54, 1.807) is 0 Å². The molecule has 148 heavy (non-hydrogen) atoms. The second-order valence-corrected chi connectivity index (χ2v) is 45.9. The van der Waals surface area contributed by atoms with Gasteiger partial charge in [-0.05, 0) is 324 Å². The van der Waals surface area contributed by atoms with Gasteiger partial charge in [0.15, 0.2) is 0 Å². The SMILES string of the molecule is Cc1ccc(-c2ccc3c(c2)C(C)(C)c2ccccc2-3)cc1.Cc1ccc2c(c1)-c1ccc(-c3ccccc3)cc1C2(C)C.Cc1ccc2c(c1)C(C)(C)c1cc(-c3ccccc3)ccc1-2.Cc1cccc(-c2ccc3c(c2)C(C)(C)c2ccccc2-3)c1.Cc1cccc2c1-c1ccc(-c3ccccc3)cc1C2(C)C.Cc1cccc2c1C(C)(C)c1cc(-c3ccccc3)ccc1-2.Cc1cccc2c1C(C)(C)c1ccccc1-2. The molecule has 0 spiro atoms. The summed E-state index contributed by atoms with van der Waals surface area (Å²) in [5.41, 5.74) is 65.5. The van der Waals surface area contributed by atoms with E-state index in [0.717, 1.165) is 0 Å². The molecule has 0 bridgehead atoms. The van der Waals surface area contributed by atoms with Crippen LogP contribution in [0.4, 0.5) is 0 Å². The van der Waals surface area contributed by atoms with Crippen molar-refractivity contribution in [3.05, 3.63) is 560 Å². The quantitative estimate of drug-likeness (QED) is 0.156. The Bertz CT molecular complexity index is 8470. The Morgan fingerprint density at radius 1 is 0.115 bits per heavy atom. The predicted octanol–water partition coefficient (Wildman–Crippen LogP) is 40.1. The van der Waals surface area contributed by atoms with Crippen LogP contribution in [0.1, 0.15) is 214 Å². The van der Waals surface area contributed by atoms with Gasteiger partial charge in [-0.15, -0.1) is 0 Å². The summed E-state index contributed by atoms with van der Waals surface area (Å²) in [7, 11) is 0. The highest BCUT2D eigenvalue weighted by atomic mass is 14.5. The number of benzene rings is 20. The van der Waals surface area contributed by atoms with E-state index in [1.165, 1.54) is 261 Å². The molecular formula is C148H136. The van der Waals surface area contributed by atoms with Gasteiger partial charge in [0.05, 0.1) is 0 Å². The lowest BCUT2D eigenvalue weighted by atomic mass is 9.80. The lowest BCUT2D eigenvalue weighted by molar-refractivity contribution is 0.655. The lowest BCUT2D eigenvalue weighted by Gasteiger charge is -2.23. The summed E-state index contributed by atoms with van der Waals surface area (Å²) in [6.45, 7) is 48.0. The topological polar surface area (TPSA) is 0 Å². The molecule has 20 aromatic rings. The summed E-state index contributed by atoms with van der Waals surface area (Å²) in [5, 5.41) is 0. The third-order valence-corrected chi connectivity index (χ3v) is 33.6. The van der Waals surface area contributed by atoms with Gasteiger partial charge in [-0.1, -0.05) is 526 Å². The molecule has 0 radical (unpaired) electrons. The van der Waals surface area contributed by atoms with Crippen LogP contribution in [0.25, 0.3) is 145 Å². The monoisotopic (exact) mass is 1910 g/mol. The van der Waals surface area contributed by atoms with Crippen LogP contribution in [0.3, 0.4) is 0 Å². The van der Waals surface area contributed by atoms with Crippen molar-refractivity contribution < 1.29 is 0 Å². The zero-order valence-corrected chi connectivity index (χ0v) is 90.1. The molecule has 0 aromatic heterocycles. The maximum Gasteiger partial charge on any atom is 0.0161 e. The summed E-state index contributed by atoms with van der Waals surface area (Å²) in [6.07, 6.45) is 0. The zero-order valence-electron chi connectivity index (χ0n) is 90.1. The highest BCUT2D eigenvalue weighted by Gasteiger charge is 2.43. The van der Waals surface area contributed by atoms with E-state index in [1.807, 2.05) is 0 Å². The molecule has 0 N–H and O–H groups in total. The van der Waals surface area contributed by atoms with Gasteiger partial charge in [0, 0.05) is 37.9 Å². The Morgan fingerprint density at radius 2 is 0.338 bits per heavy atom. The van der Waals surface area contributed by atoms with E-state index in [4.69, 9.17) is 0 Å². The first-order valence-electron chi connectivity index (χ1n) is 53.2. The molecule has 0 aliphatic heterocycles. The van der Waals surface area contributed by atoms with Gasteiger partial charge in [-0.3, -0.25) is 0 Å². The third kappa shape index (κ3) is 17.7. The van der Waals surface area contributed by atoms with Gasteiger partial charge in [0.25, 0.3) is 0 Å². The molecule has 0 heterocycles. The highest BCUT2D eigenvalue weighted by Crippen LogP contribution is 2.58. The van der Waals surface area contributed by atoms with Crippen molar-refractivity contribution in [3.63, 3.8) is 0 Å². The van der Waals surface area contributed by atoms with Crippen LogP contribution in [0, 0.1) is 48.5 Å². The summed E-state index contributed by atoms with van der Waals surface area (Å²) in [5.74, 6) is 0. The van der Waals surface area contributed by atoms with Crippen molar-refractivity contribution in [2.75, 3.05) is 0 Å². The van der Waals surface area contributed by atoms with Crippen LogP contribution >= 0.6 is 0 Å². The predicted molar refractivity (Wildman–Crippen MR) is 634 cm³/mol. The highest BCUT2D eigenvalue weighted by molar-refractivity contribution is 5.92. The number of rotatable bonds is 6. The molecule has 0 amide bonds. The van der Waals surface area contributed by atoms with Crippen molar-refractivity contribution in [1.29, 1.82) is 0 Å². The average molecular weight is 1910 g/mol. The first-order chi connectivity index (χ1) is 71.1. The standard InChI is InChI=1S/6C22H20.C16H16/c1-15-7-6-8-16(13-15)17-11-12-19-18-9-4-5-10-20(18)22(2,3)21(19)14-17;1-15-8-7-11-19-21(15)18-13-12-17(14-20(18)22(19,2)3)16-9-5-4-6-10-16;1-15-8-7-11-19-18-13-12-17(16-9-5-4-6-10-16)14-20(18)22(2,3)21(15)19;1-15-8-10-16(11-9-15)17-12-13-19-18-6-4-5-7-20(18)22(2,3)21(19)14-17;1-15-9-12-20-19(13-15)18-11-10-17(14-21(18)22(20,2)3)16-7-5-4-6-8-16;1-15-9-11-18-19-12-10-17(16-7-5-4-6-8-16)14-21(19)22(2,3)20(18)13-15;1-11-7-6-9-13-12-8-4-5-10-14(12)16(2,3)15(11)13/h6*4-14H,1-3H3;4-10H,1-3H3. The molecule has 0 atom stereocenters. The van der Waals surface area contributed by atoms with Gasteiger partial charge in [-0.2, -0.15) is 0 Å². The Kier molecular flexibility index (Phi) is 25.7. The van der Waals surface area contributed by atoms with Gasteiger partial charge in [0.2, 0.25) is 0 Å². The molecule has 728 valence electrons. The summed E-state index contributed by atoms with van der Waals surface area (Å²) in [6, 6.07) is 162. The molecule has 0 saturated carbocycles. The van der Waals surface area contributed by atoms with Gasteiger partial charge in [0.1, 0.15) is 0 Å². The van der Waals surface area contributed by atoms with E-state index in [0.29, 0.717) is 0 Å². The van der Waals surface area contributed by atoms with Crippen molar-refractivity contribution in [3.8, 4) is 145 Å². The molecule has 20 aromatic carbocycles. The molecule has 0 unspecified atom stereocenters. The summed E-state index contributed by atoms with van der Waals surface area (Å²) >= 11 is 0. The van der Waals surface area contributed by atoms with Gasteiger partial charge in [-0.25, -0.2) is 0 Å². The van der Waals surface area contributed by atoms with E-state index in [9.17, 15) is 0 Å². The molecule has 27 rings (SSSR count). The number of hydrogen-bond donors (Lipinski definition) is 0. The van der Waals surface area contributed by atoms with Gasteiger partial charge >= 0.3 is 0 Å². The Hall–Kier alpha value is -15.6. The van der Waals surface area contributed by atoms with E-state index >= 15 is 0 Å². The van der Waals surface area contributed by atoms with Crippen LogP contribution in [-0.2, 0) is 37.9 Å². The molecular weight excluding hydrogens is 1780 g/mol. The molecule has 7 aliphatic rings. The average Bonchev–Trinajstić information content (AvgIpc) is 1.35. The molecule has 0 nitrogen and oxygen atoms in total. The van der Waals surface area contributed by atoms with Crippen molar-refractivity contribution in [2.45, 2.75) is 183 Å². The van der Waals surface area contributed by atoms with Gasteiger partial charge < -0.3 is 0 Å². The number of hydrogen-bond acceptors (Lipinski definition) is 0. The normalized spacial score (nSPS) is 14.6. The molecule has 0 fully saturated rings. The third-order valence-electron chi connectivity index (χ3n) is 33.6. The van der Waals surface area contributed by atoms with E-state index in [2.05, 4.69) is 588 Å². The molecule has 0 saturated heterocycles. The Labute approximate surface area is 881 Å². The fourth-order valence-electron chi connectivity index (χ4n) is 25.5. The van der Waals surface area contributed by atoms with Crippen LogP contribution in [0.2, 0.25) is 0 Å². The lowest BCUT2D eigenvalue weighted by Crippen LogP contribution is -2.16. The molecule has 0 heteroatoms. The minimum Gasteiger partial charge on any atom is -0.0622 e. The number of fused-ring (bicyclic) bond motifs is 21. The maximum absolute atomic E-state index is 2.38. The summed E-state index contributed by atoms with van der Waals surface area (Å²) in [4.78, 5) is 0. The van der Waals surface area contributed by atoms with Crippen molar-refractivity contribution in [2.24, 2.45) is 0 Å². The van der Waals surface area contributed by atoms with E-state index in [-0.39, 0.29) is 37.9 Å². The first kappa shape index (κ1) is 98.4. The second-order valence-electron chi connectivity index (χ2n) is 45.9. The van der Waals surface area contributed by atoms with Crippen LogP contribution in [0.5, 0.6) is 0 Å². The minimum atomic E-state index is 0.0702. The van der Waals surface area contributed by atoms with Crippen molar-refractivity contribution >= 4 is 0 Å². The molecule has 7 aliphatic carbocycles. The fourth-order valence-corrected chi connectivity index (χ4v) is 25.5. The van der Waals surface area contributed by atoms with Crippen LogP contribution in [0.15, 0.2) is 443 Å². The summed E-state index contributed by atoms with van der Waals surface area (Å²) < 4.78 is 0. The minimum absolute atomic E-state index is 0.0702. The smallest absolute Gasteiger partial charge is 0.0161 e. The first-order valence-corrected chi connectivity index (χ1v) is 53.2. The number of aryl methyl sites for hydroxylation is 7. The second kappa shape index (κ2) is 38.7. The van der Waals surface area contributed by atoms with Crippen molar-refractivity contribution in [1.82, 2.24) is 0 Å². The maximum atomic E-state index is 2.38. The van der Waals surface area contributed by atoms with E-state index < -0.39 is 0 Å². The fraction of sp³-hybridized carbons (Fsp3) is 0.189. The Morgan fingerprint density at radius 3 is 0.757 bits per heavy atom. The van der Waals surface area contributed by atoms with Crippen LogP contribution < -0.4 is 0 Å². The van der Waals surface area contributed by atoms with Crippen LogP contribution in [-0.4, -0.2) is 0 Å². The zero-order chi connectivity index (χ0) is 103. The largest absolute Gasteiger partial charge is 0.0622 e.